The van der Waals surface area contributed by atoms with Crippen LogP contribution in [0, 0.1) is 0 Å². The van der Waals surface area contributed by atoms with Crippen molar-refractivity contribution in [1.82, 2.24) is 9.97 Å². The van der Waals surface area contributed by atoms with Crippen molar-refractivity contribution in [2.75, 3.05) is 23.3 Å². The van der Waals surface area contributed by atoms with Crippen LogP contribution in [0.25, 0.3) is 0 Å². The van der Waals surface area contributed by atoms with Gasteiger partial charge in [-0.3, -0.25) is 4.79 Å². The van der Waals surface area contributed by atoms with Crippen molar-refractivity contribution in [3.63, 3.8) is 0 Å². The van der Waals surface area contributed by atoms with Crippen molar-refractivity contribution in [3.05, 3.63) is 42.7 Å². The molecule has 2 heterocycles. The Bertz CT molecular complexity index is 657. The Morgan fingerprint density at radius 1 is 1.22 bits per heavy atom. The second-order valence-electron chi connectivity index (χ2n) is 5.52. The van der Waals surface area contributed by atoms with Gasteiger partial charge in [-0.2, -0.15) is 0 Å². The minimum Gasteiger partial charge on any atom is -0.481 e. The number of carbonyl (C=O) groups is 1. The lowest BCUT2D eigenvalue weighted by Crippen LogP contribution is -2.30. The number of nitrogens with one attached hydrogen (secondary N) is 1. The number of para-hydroxylation sites is 1. The standard InChI is InChI=1S/C17H20N4O2/c1-13(23-14-7-3-2-4-8-14)17(22)20-15-11-16(19-12-18-15)21-9-5-6-10-21/h2-4,7-8,11-13H,5-6,9-10H2,1H3,(H,18,19,20,22). The lowest BCUT2D eigenvalue weighted by molar-refractivity contribution is -0.122. The molecule has 1 aromatic carbocycles. The summed E-state index contributed by atoms with van der Waals surface area (Å²) in [6.07, 6.45) is 3.22. The third-order valence-corrected chi connectivity index (χ3v) is 3.76. The normalized spacial score (nSPS) is 15.3. The molecule has 0 radical (unpaired) electrons. The van der Waals surface area contributed by atoms with Crippen LogP contribution in [0.1, 0.15) is 19.8 Å². The summed E-state index contributed by atoms with van der Waals surface area (Å²) in [5.74, 6) is 1.77. The van der Waals surface area contributed by atoms with E-state index in [0.717, 1.165) is 18.9 Å². The smallest absolute Gasteiger partial charge is 0.266 e. The maximum absolute atomic E-state index is 12.2. The summed E-state index contributed by atoms with van der Waals surface area (Å²) in [6, 6.07) is 11.1. The first-order valence-electron chi connectivity index (χ1n) is 7.82. The van der Waals surface area contributed by atoms with Crippen LogP contribution in [0.15, 0.2) is 42.7 Å². The number of ether oxygens (including phenoxy) is 1. The van der Waals surface area contributed by atoms with E-state index in [-0.39, 0.29) is 5.91 Å². The molecule has 6 nitrogen and oxygen atoms in total. The molecule has 1 aromatic heterocycles. The van der Waals surface area contributed by atoms with E-state index in [1.54, 1.807) is 13.0 Å². The molecular weight excluding hydrogens is 292 g/mol. The van der Waals surface area contributed by atoms with Crippen LogP contribution >= 0.6 is 0 Å². The highest BCUT2D eigenvalue weighted by Gasteiger charge is 2.17. The predicted octanol–water partition coefficient (Wildman–Crippen LogP) is 2.48. The minimum absolute atomic E-state index is 0.236. The summed E-state index contributed by atoms with van der Waals surface area (Å²) in [5.41, 5.74) is 0. The molecule has 3 rings (SSSR count). The highest BCUT2D eigenvalue weighted by molar-refractivity contribution is 5.93. The van der Waals surface area contributed by atoms with Crippen molar-refractivity contribution in [1.29, 1.82) is 0 Å². The van der Waals surface area contributed by atoms with Crippen molar-refractivity contribution in [2.24, 2.45) is 0 Å². The van der Waals surface area contributed by atoms with Crippen molar-refractivity contribution in [2.45, 2.75) is 25.9 Å². The number of hydrogen-bond acceptors (Lipinski definition) is 5. The maximum Gasteiger partial charge on any atom is 0.266 e. The highest BCUT2D eigenvalue weighted by atomic mass is 16.5. The van der Waals surface area contributed by atoms with Crippen molar-refractivity contribution < 1.29 is 9.53 Å². The summed E-state index contributed by atoms with van der Waals surface area (Å²) in [6.45, 7) is 3.71. The van der Waals surface area contributed by atoms with E-state index in [1.807, 2.05) is 30.3 Å². The first-order chi connectivity index (χ1) is 11.2. The number of amides is 1. The third kappa shape index (κ3) is 3.97. The summed E-state index contributed by atoms with van der Waals surface area (Å²) in [4.78, 5) is 22.8. The van der Waals surface area contributed by atoms with Gasteiger partial charge >= 0.3 is 0 Å². The van der Waals surface area contributed by atoms with E-state index in [4.69, 9.17) is 4.74 Å². The Morgan fingerprint density at radius 3 is 2.70 bits per heavy atom. The zero-order chi connectivity index (χ0) is 16.1. The van der Waals surface area contributed by atoms with Crippen LogP contribution in [0.3, 0.4) is 0 Å². The molecule has 0 saturated carbocycles. The number of anilines is 2. The van der Waals surface area contributed by atoms with Gasteiger partial charge in [-0.25, -0.2) is 9.97 Å². The molecule has 2 aromatic rings. The Balaban J connectivity index is 1.62. The second kappa shape index (κ2) is 7.09. The van der Waals surface area contributed by atoms with Gasteiger partial charge in [-0.15, -0.1) is 0 Å². The van der Waals surface area contributed by atoms with Gasteiger partial charge < -0.3 is 15.0 Å². The van der Waals surface area contributed by atoms with Crippen LogP contribution < -0.4 is 15.0 Å². The predicted molar refractivity (Wildman–Crippen MR) is 88.6 cm³/mol. The largest absolute Gasteiger partial charge is 0.481 e. The quantitative estimate of drug-likeness (QED) is 0.918. The molecule has 0 aliphatic carbocycles. The van der Waals surface area contributed by atoms with E-state index < -0.39 is 6.10 Å². The zero-order valence-electron chi connectivity index (χ0n) is 13.1. The Labute approximate surface area is 135 Å². The van der Waals surface area contributed by atoms with Crippen LogP contribution in [-0.4, -0.2) is 35.1 Å². The lowest BCUT2D eigenvalue weighted by Gasteiger charge is -2.17. The van der Waals surface area contributed by atoms with E-state index in [9.17, 15) is 4.79 Å². The minimum atomic E-state index is -0.609. The summed E-state index contributed by atoms with van der Waals surface area (Å²) in [5, 5.41) is 2.78. The van der Waals surface area contributed by atoms with Gasteiger partial charge in [0.2, 0.25) is 0 Å². The summed E-state index contributed by atoms with van der Waals surface area (Å²) < 4.78 is 5.61. The fourth-order valence-corrected chi connectivity index (χ4v) is 2.52. The van der Waals surface area contributed by atoms with Crippen LogP contribution in [0.2, 0.25) is 0 Å². The van der Waals surface area contributed by atoms with Gasteiger partial charge in [0.25, 0.3) is 5.91 Å². The number of hydrogen-bond donors (Lipinski definition) is 1. The van der Waals surface area contributed by atoms with Gasteiger partial charge in [0.15, 0.2) is 6.10 Å². The molecule has 1 atom stereocenters. The molecule has 0 spiro atoms. The van der Waals surface area contributed by atoms with E-state index in [0.29, 0.717) is 11.6 Å². The lowest BCUT2D eigenvalue weighted by atomic mass is 10.3. The van der Waals surface area contributed by atoms with Gasteiger partial charge in [-0.05, 0) is 31.9 Å². The second-order valence-corrected chi connectivity index (χ2v) is 5.52. The van der Waals surface area contributed by atoms with Gasteiger partial charge in [0.1, 0.15) is 23.7 Å². The average Bonchev–Trinajstić information content (AvgIpc) is 3.10. The highest BCUT2D eigenvalue weighted by Crippen LogP contribution is 2.19. The van der Waals surface area contributed by atoms with Gasteiger partial charge in [-0.1, -0.05) is 18.2 Å². The number of benzene rings is 1. The maximum atomic E-state index is 12.2. The molecule has 1 aliphatic rings. The van der Waals surface area contributed by atoms with Crippen LogP contribution in [-0.2, 0) is 4.79 Å². The molecule has 23 heavy (non-hydrogen) atoms. The molecule has 0 bridgehead atoms. The summed E-state index contributed by atoms with van der Waals surface area (Å²) in [7, 11) is 0. The van der Waals surface area contributed by atoms with Gasteiger partial charge in [0, 0.05) is 19.2 Å². The fraction of sp³-hybridized carbons (Fsp3) is 0.353. The van der Waals surface area contributed by atoms with E-state index in [2.05, 4.69) is 20.2 Å². The molecule has 1 saturated heterocycles. The van der Waals surface area contributed by atoms with Crippen molar-refractivity contribution in [3.8, 4) is 5.75 Å². The number of carbonyl (C=O) groups excluding carboxylic acids is 1. The molecule has 1 aliphatic heterocycles. The first-order valence-corrected chi connectivity index (χ1v) is 7.82. The van der Waals surface area contributed by atoms with Crippen LogP contribution in [0.4, 0.5) is 11.6 Å². The first kappa shape index (κ1) is 15.3. The SMILES string of the molecule is CC(Oc1ccccc1)C(=O)Nc1cc(N2CCCC2)ncn1. The molecule has 1 N–H and O–H groups in total. The molecule has 1 fully saturated rings. The number of nitrogens with zero attached hydrogens (tertiary/aromatic N) is 3. The topological polar surface area (TPSA) is 67.3 Å². The summed E-state index contributed by atoms with van der Waals surface area (Å²) >= 11 is 0. The fourth-order valence-electron chi connectivity index (χ4n) is 2.52. The zero-order valence-corrected chi connectivity index (χ0v) is 13.1. The van der Waals surface area contributed by atoms with Crippen LogP contribution in [0.5, 0.6) is 5.75 Å². The third-order valence-electron chi connectivity index (χ3n) is 3.76. The number of rotatable bonds is 5. The Kier molecular flexibility index (Phi) is 4.71. The Hall–Kier alpha value is -2.63. The van der Waals surface area contributed by atoms with Gasteiger partial charge in [0.05, 0.1) is 0 Å². The molecule has 120 valence electrons. The van der Waals surface area contributed by atoms with E-state index >= 15 is 0 Å². The molecule has 1 amide bonds. The molecular formula is C17H20N4O2. The number of aromatic nitrogens is 2. The molecule has 1 unspecified atom stereocenters. The molecule has 6 heteroatoms. The Morgan fingerprint density at radius 2 is 1.96 bits per heavy atom. The van der Waals surface area contributed by atoms with Crippen molar-refractivity contribution >= 4 is 17.5 Å². The monoisotopic (exact) mass is 312 g/mol. The average molecular weight is 312 g/mol. The van der Waals surface area contributed by atoms with E-state index in [1.165, 1.54) is 19.2 Å².